The fraction of sp³-hybridized carbons (Fsp3) is 0.350. The molecule has 6 heteroatoms. The van der Waals surface area contributed by atoms with Crippen molar-refractivity contribution < 1.29 is 9.53 Å². The number of ether oxygens (including phenoxy) is 1. The Morgan fingerprint density at radius 3 is 2.19 bits per heavy atom. The molecule has 2 saturated heterocycles. The number of nitrogens with zero attached hydrogens (tertiary/aromatic N) is 3. The number of carbonyl (C=O) groups is 1. The van der Waals surface area contributed by atoms with Crippen molar-refractivity contribution in [2.24, 2.45) is 0 Å². The summed E-state index contributed by atoms with van der Waals surface area (Å²) in [5.41, 5.74) is 1.23. The normalized spacial score (nSPS) is 17.8. The first-order valence-electron chi connectivity index (χ1n) is 8.95. The van der Waals surface area contributed by atoms with Gasteiger partial charge in [-0.25, -0.2) is 4.79 Å². The van der Waals surface area contributed by atoms with Crippen molar-refractivity contribution in [1.29, 1.82) is 0 Å². The van der Waals surface area contributed by atoms with E-state index in [4.69, 9.17) is 4.74 Å². The zero-order valence-corrected chi connectivity index (χ0v) is 16.1. The van der Waals surface area contributed by atoms with Crippen LogP contribution in [0, 0.1) is 0 Å². The van der Waals surface area contributed by atoms with Crippen LogP contribution in [-0.2, 0) is 0 Å². The van der Waals surface area contributed by atoms with Crippen LogP contribution in [0.1, 0.15) is 0 Å². The number of carbonyl (C=O) groups excluding carboxylic acids is 1. The standard InChI is InChI=1S/C20H22BrN3O2/c21-16-6-8-18(9-7-16)26-19-14-24(15-19)20(25)23-12-10-22(11-13-23)17-4-2-1-3-5-17/h1-9,19H,10-15H2. The summed E-state index contributed by atoms with van der Waals surface area (Å²) in [5, 5.41) is 0. The lowest BCUT2D eigenvalue weighted by molar-refractivity contribution is 0.0302. The van der Waals surface area contributed by atoms with E-state index in [2.05, 4.69) is 45.1 Å². The summed E-state index contributed by atoms with van der Waals surface area (Å²) in [7, 11) is 0. The SMILES string of the molecule is O=C(N1CCN(c2ccccc2)CC1)N1CC(Oc2ccc(Br)cc2)C1. The summed E-state index contributed by atoms with van der Waals surface area (Å²) in [6, 6.07) is 18.3. The first-order valence-corrected chi connectivity index (χ1v) is 9.74. The number of likely N-dealkylation sites (tertiary alicyclic amines) is 1. The molecule has 2 heterocycles. The lowest BCUT2D eigenvalue weighted by atomic mass is 10.1. The quantitative estimate of drug-likeness (QED) is 0.769. The number of rotatable bonds is 3. The zero-order chi connectivity index (χ0) is 17.9. The van der Waals surface area contributed by atoms with E-state index in [1.165, 1.54) is 5.69 Å². The van der Waals surface area contributed by atoms with Gasteiger partial charge in [0, 0.05) is 36.3 Å². The lowest BCUT2D eigenvalue weighted by Crippen LogP contribution is -2.61. The molecule has 0 aliphatic carbocycles. The van der Waals surface area contributed by atoms with Crippen LogP contribution in [0.15, 0.2) is 59.1 Å². The van der Waals surface area contributed by atoms with Gasteiger partial charge in [-0.15, -0.1) is 0 Å². The van der Waals surface area contributed by atoms with Crippen LogP contribution in [0.3, 0.4) is 0 Å². The van der Waals surface area contributed by atoms with Crippen LogP contribution < -0.4 is 9.64 Å². The van der Waals surface area contributed by atoms with E-state index >= 15 is 0 Å². The predicted octanol–water partition coefficient (Wildman–Crippen LogP) is 3.45. The van der Waals surface area contributed by atoms with Gasteiger partial charge in [0.2, 0.25) is 0 Å². The topological polar surface area (TPSA) is 36.0 Å². The maximum atomic E-state index is 12.6. The third-order valence-corrected chi connectivity index (χ3v) is 5.44. The monoisotopic (exact) mass is 415 g/mol. The van der Waals surface area contributed by atoms with Crippen molar-refractivity contribution in [3.63, 3.8) is 0 Å². The van der Waals surface area contributed by atoms with Gasteiger partial charge in [-0.05, 0) is 36.4 Å². The van der Waals surface area contributed by atoms with E-state index < -0.39 is 0 Å². The molecule has 2 amide bonds. The number of urea groups is 1. The fourth-order valence-electron chi connectivity index (χ4n) is 3.37. The molecule has 2 fully saturated rings. The molecule has 0 radical (unpaired) electrons. The summed E-state index contributed by atoms with van der Waals surface area (Å²) in [6.07, 6.45) is 0.0886. The van der Waals surface area contributed by atoms with Gasteiger partial charge in [0.1, 0.15) is 11.9 Å². The summed E-state index contributed by atoms with van der Waals surface area (Å²) in [5.74, 6) is 0.849. The molecular weight excluding hydrogens is 394 g/mol. The van der Waals surface area contributed by atoms with Crippen molar-refractivity contribution in [2.75, 3.05) is 44.2 Å². The predicted molar refractivity (Wildman–Crippen MR) is 106 cm³/mol. The number of amides is 2. The van der Waals surface area contributed by atoms with Crippen LogP contribution in [0.5, 0.6) is 5.75 Å². The van der Waals surface area contributed by atoms with Crippen molar-refractivity contribution >= 4 is 27.6 Å². The second kappa shape index (κ2) is 7.58. The van der Waals surface area contributed by atoms with E-state index in [1.807, 2.05) is 40.1 Å². The fourth-order valence-corrected chi connectivity index (χ4v) is 3.63. The van der Waals surface area contributed by atoms with E-state index in [1.54, 1.807) is 0 Å². The molecule has 2 aliphatic heterocycles. The number of hydrogen-bond acceptors (Lipinski definition) is 3. The van der Waals surface area contributed by atoms with Crippen LogP contribution in [0.4, 0.5) is 10.5 Å². The molecule has 0 saturated carbocycles. The third kappa shape index (κ3) is 3.80. The van der Waals surface area contributed by atoms with Crippen LogP contribution in [0.25, 0.3) is 0 Å². The van der Waals surface area contributed by atoms with Crippen LogP contribution >= 0.6 is 15.9 Å². The molecular formula is C20H22BrN3O2. The van der Waals surface area contributed by atoms with Crippen molar-refractivity contribution in [2.45, 2.75) is 6.10 Å². The summed E-state index contributed by atoms with van der Waals surface area (Å²) < 4.78 is 6.94. The molecule has 0 N–H and O–H groups in total. The highest BCUT2D eigenvalue weighted by Gasteiger charge is 2.35. The summed E-state index contributed by atoms with van der Waals surface area (Å²) >= 11 is 3.42. The van der Waals surface area contributed by atoms with Gasteiger partial charge in [-0.1, -0.05) is 34.1 Å². The minimum atomic E-state index is 0.0886. The molecule has 136 valence electrons. The summed E-state index contributed by atoms with van der Waals surface area (Å²) in [6.45, 7) is 4.61. The van der Waals surface area contributed by atoms with Gasteiger partial charge in [-0.2, -0.15) is 0 Å². The minimum absolute atomic E-state index is 0.0886. The molecule has 0 unspecified atom stereocenters. The highest BCUT2D eigenvalue weighted by Crippen LogP contribution is 2.22. The first kappa shape index (κ1) is 17.2. The van der Waals surface area contributed by atoms with Crippen molar-refractivity contribution in [1.82, 2.24) is 9.80 Å². The van der Waals surface area contributed by atoms with E-state index in [9.17, 15) is 4.79 Å². The highest BCUT2D eigenvalue weighted by atomic mass is 79.9. The van der Waals surface area contributed by atoms with E-state index in [0.29, 0.717) is 13.1 Å². The van der Waals surface area contributed by atoms with Crippen molar-refractivity contribution in [3.8, 4) is 5.75 Å². The minimum Gasteiger partial charge on any atom is -0.487 e. The molecule has 0 atom stereocenters. The van der Waals surface area contributed by atoms with E-state index in [-0.39, 0.29) is 12.1 Å². The molecule has 2 aromatic carbocycles. The van der Waals surface area contributed by atoms with E-state index in [0.717, 1.165) is 36.4 Å². The first-order chi connectivity index (χ1) is 12.7. The maximum Gasteiger partial charge on any atom is 0.320 e. The van der Waals surface area contributed by atoms with Crippen molar-refractivity contribution in [3.05, 3.63) is 59.1 Å². The average Bonchev–Trinajstić information content (AvgIpc) is 2.66. The molecule has 0 spiro atoms. The second-order valence-electron chi connectivity index (χ2n) is 6.69. The van der Waals surface area contributed by atoms with Crippen LogP contribution in [0.2, 0.25) is 0 Å². The van der Waals surface area contributed by atoms with Gasteiger partial charge >= 0.3 is 6.03 Å². The Morgan fingerprint density at radius 1 is 0.885 bits per heavy atom. The Kier molecular flexibility index (Phi) is 5.02. The molecule has 0 bridgehead atoms. The Bertz CT molecular complexity index is 739. The van der Waals surface area contributed by atoms with Gasteiger partial charge in [0.25, 0.3) is 0 Å². The number of halogens is 1. The maximum absolute atomic E-state index is 12.6. The highest BCUT2D eigenvalue weighted by molar-refractivity contribution is 9.10. The molecule has 0 aromatic heterocycles. The van der Waals surface area contributed by atoms with Gasteiger partial charge in [0.05, 0.1) is 13.1 Å². The van der Waals surface area contributed by atoms with Gasteiger partial charge in [-0.3, -0.25) is 0 Å². The molecule has 4 rings (SSSR count). The Hall–Kier alpha value is -2.21. The Morgan fingerprint density at radius 2 is 1.54 bits per heavy atom. The van der Waals surface area contributed by atoms with Crippen LogP contribution in [-0.4, -0.2) is 61.2 Å². The van der Waals surface area contributed by atoms with Gasteiger partial charge in [0.15, 0.2) is 0 Å². The number of benzene rings is 2. The average molecular weight is 416 g/mol. The molecule has 5 nitrogen and oxygen atoms in total. The zero-order valence-electron chi connectivity index (χ0n) is 14.6. The molecule has 2 aromatic rings. The number of anilines is 1. The molecule has 26 heavy (non-hydrogen) atoms. The second-order valence-corrected chi connectivity index (χ2v) is 7.61. The number of para-hydroxylation sites is 1. The smallest absolute Gasteiger partial charge is 0.320 e. The third-order valence-electron chi connectivity index (χ3n) is 4.91. The number of piperazine rings is 1. The summed E-state index contributed by atoms with van der Waals surface area (Å²) in [4.78, 5) is 18.8. The number of hydrogen-bond donors (Lipinski definition) is 0. The Labute approximate surface area is 162 Å². The Balaban J connectivity index is 1.23. The lowest BCUT2D eigenvalue weighted by Gasteiger charge is -2.44. The largest absolute Gasteiger partial charge is 0.487 e. The molecule has 2 aliphatic rings. The van der Waals surface area contributed by atoms with Gasteiger partial charge < -0.3 is 19.4 Å².